The molecule has 9 nitrogen and oxygen atoms in total. The zero-order valence-electron chi connectivity index (χ0n) is 13.0. The van der Waals surface area contributed by atoms with Gasteiger partial charge in [0.15, 0.2) is 12.2 Å². The van der Waals surface area contributed by atoms with Gasteiger partial charge < -0.3 is 23.2 Å². The van der Waals surface area contributed by atoms with Crippen LogP contribution in [0.4, 0.5) is 5.82 Å². The van der Waals surface area contributed by atoms with Crippen LogP contribution in [0.3, 0.4) is 0 Å². The molecular weight excluding hydrogens is 380 g/mol. The smallest absolute Gasteiger partial charge is 0.394 e. The molecule has 0 fully saturated rings. The Balaban J connectivity index is 0.000000777. The minimum atomic E-state index is -4.67. The maximum absolute atomic E-state index is 8.98. The first-order valence-electron chi connectivity index (χ1n) is 6.47. The third kappa shape index (κ3) is 7.95. The van der Waals surface area contributed by atoms with E-state index in [1.165, 1.54) is 4.88 Å². The van der Waals surface area contributed by atoms with E-state index in [0.29, 0.717) is 24.6 Å². The first-order valence-corrected chi connectivity index (χ1v) is 8.74. The van der Waals surface area contributed by atoms with Crippen molar-refractivity contribution >= 4 is 27.6 Å². The quantitative estimate of drug-likeness (QED) is 0.313. The van der Waals surface area contributed by atoms with Crippen molar-refractivity contribution in [2.75, 3.05) is 12.3 Å². The molecule has 0 atom stereocenters. The van der Waals surface area contributed by atoms with E-state index in [1.54, 1.807) is 17.5 Å². The molecular formula is C12H19ClN4O5S2. The monoisotopic (exact) mass is 398 g/mol. The van der Waals surface area contributed by atoms with E-state index >= 15 is 0 Å². The molecule has 0 aliphatic rings. The number of rotatable bonds is 4. The molecule has 0 amide bonds. The second-order valence-electron chi connectivity index (χ2n) is 4.61. The summed E-state index contributed by atoms with van der Waals surface area (Å²) in [5.41, 5.74) is 10.0. The molecule has 5 N–H and O–H groups in total. The summed E-state index contributed by atoms with van der Waals surface area (Å²) in [7, 11) is -4.67. The van der Waals surface area contributed by atoms with E-state index in [9.17, 15) is 0 Å². The van der Waals surface area contributed by atoms with Crippen molar-refractivity contribution in [2.24, 2.45) is 0 Å². The second kappa shape index (κ2) is 9.81. The van der Waals surface area contributed by atoms with Crippen molar-refractivity contribution < 1.29 is 39.6 Å². The molecule has 0 aliphatic heterocycles. The Bertz CT molecular complexity index is 759. The molecule has 0 radical (unpaired) electrons. The Morgan fingerprint density at radius 3 is 2.42 bits per heavy atom. The topological polar surface area (TPSA) is 151 Å². The lowest BCUT2D eigenvalue weighted by Gasteiger charge is -2.01. The lowest BCUT2D eigenvalue weighted by molar-refractivity contribution is -0.689. The first kappa shape index (κ1) is 22.6. The highest BCUT2D eigenvalue weighted by Gasteiger charge is 2.16. The number of hydrogen-bond acceptors (Lipinski definition) is 7. The third-order valence-electron chi connectivity index (χ3n) is 2.85. The lowest BCUT2D eigenvalue weighted by atomic mass is 10.2. The van der Waals surface area contributed by atoms with Gasteiger partial charge in [0.25, 0.3) is 0 Å². The maximum atomic E-state index is 8.98. The molecule has 136 valence electrons. The zero-order chi connectivity index (χ0) is 17.6. The normalized spacial score (nSPS) is 10.5. The van der Waals surface area contributed by atoms with Crippen LogP contribution >= 0.6 is 11.3 Å². The number of halogens is 1. The van der Waals surface area contributed by atoms with Crippen LogP contribution in [-0.2, 0) is 23.4 Å². The van der Waals surface area contributed by atoms with Gasteiger partial charge in [0.1, 0.15) is 11.6 Å². The number of aliphatic hydroxyl groups is 1. The van der Waals surface area contributed by atoms with E-state index in [-0.39, 0.29) is 19.0 Å². The minimum Gasteiger partial charge on any atom is -1.00 e. The number of aryl methyl sites for hydroxylation is 1. The van der Waals surface area contributed by atoms with Crippen molar-refractivity contribution in [1.82, 2.24) is 9.97 Å². The third-order valence-corrected chi connectivity index (χ3v) is 4.00. The summed E-state index contributed by atoms with van der Waals surface area (Å²) < 4.78 is 33.7. The number of nitrogens with two attached hydrogens (primary N) is 1. The molecule has 0 aromatic carbocycles. The Hall–Kier alpha value is -1.37. The molecule has 0 bridgehead atoms. The number of hydrogen-bond donors (Lipinski definition) is 4. The second-order valence-corrected chi connectivity index (χ2v) is 6.44. The number of anilines is 1. The van der Waals surface area contributed by atoms with Gasteiger partial charge in [-0.05, 0) is 6.92 Å². The summed E-state index contributed by atoms with van der Waals surface area (Å²) in [6.07, 6.45) is 2.47. The van der Waals surface area contributed by atoms with Gasteiger partial charge in [0.05, 0.1) is 10.4 Å². The largest absolute Gasteiger partial charge is 1.00 e. The maximum Gasteiger partial charge on any atom is 0.394 e. The highest BCUT2D eigenvalue weighted by atomic mass is 35.5. The standard InChI is InChI=1S/C12H17N4OS.ClH.H2O4S/c1-8-11(3-4-17)18-7-16(8)6-10-5-14-9(2)15-12(10)13;;1-5(2,3)4/h5,7,17H,3-4,6H2,1-2H3,(H2,13,14,15);1H;(H2,1,2,3,4)/q+1;;/p-1. The Morgan fingerprint density at radius 2 is 1.92 bits per heavy atom. The molecule has 24 heavy (non-hydrogen) atoms. The Kier molecular flexibility index (Phi) is 9.25. The molecule has 2 aromatic rings. The minimum absolute atomic E-state index is 0. The van der Waals surface area contributed by atoms with Crippen LogP contribution < -0.4 is 22.7 Å². The van der Waals surface area contributed by atoms with Crippen molar-refractivity contribution in [3.8, 4) is 0 Å². The van der Waals surface area contributed by atoms with Gasteiger partial charge >= 0.3 is 10.4 Å². The summed E-state index contributed by atoms with van der Waals surface area (Å²) in [6.45, 7) is 4.71. The molecule has 2 heterocycles. The first-order chi connectivity index (χ1) is 10.6. The Labute approximate surface area is 150 Å². The van der Waals surface area contributed by atoms with Crippen LogP contribution in [0, 0.1) is 13.8 Å². The summed E-state index contributed by atoms with van der Waals surface area (Å²) in [4.78, 5) is 9.53. The van der Waals surface area contributed by atoms with Gasteiger partial charge in [0, 0.05) is 26.1 Å². The molecule has 0 aliphatic carbocycles. The van der Waals surface area contributed by atoms with Crippen LogP contribution in [0.2, 0.25) is 0 Å². The van der Waals surface area contributed by atoms with Gasteiger partial charge in [-0.2, -0.15) is 13.0 Å². The molecule has 0 unspecified atom stereocenters. The summed E-state index contributed by atoms with van der Waals surface area (Å²) >= 11 is 1.65. The fourth-order valence-electron chi connectivity index (χ4n) is 1.77. The zero-order valence-corrected chi connectivity index (χ0v) is 15.4. The van der Waals surface area contributed by atoms with Gasteiger partial charge in [-0.25, -0.2) is 9.97 Å². The van der Waals surface area contributed by atoms with Crippen molar-refractivity contribution in [1.29, 1.82) is 0 Å². The summed E-state index contributed by atoms with van der Waals surface area (Å²) in [5, 5.41) is 8.98. The number of thiazole rings is 1. The van der Waals surface area contributed by atoms with E-state index in [4.69, 9.17) is 28.4 Å². The van der Waals surface area contributed by atoms with Crippen LogP contribution in [0.5, 0.6) is 0 Å². The molecule has 12 heteroatoms. The van der Waals surface area contributed by atoms with Gasteiger partial charge in [-0.15, -0.1) is 0 Å². The fraction of sp³-hybridized carbons (Fsp3) is 0.417. The number of aromatic nitrogens is 3. The lowest BCUT2D eigenvalue weighted by Crippen LogP contribution is -3.00. The van der Waals surface area contributed by atoms with Gasteiger partial charge in [-0.3, -0.25) is 9.11 Å². The van der Waals surface area contributed by atoms with Crippen molar-refractivity contribution in [3.05, 3.63) is 33.7 Å². The fourth-order valence-corrected chi connectivity index (χ4v) is 2.75. The summed E-state index contributed by atoms with van der Waals surface area (Å²) in [5.74, 6) is 1.22. The van der Waals surface area contributed by atoms with E-state index < -0.39 is 10.4 Å². The number of nitrogen functional groups attached to an aromatic ring is 1. The van der Waals surface area contributed by atoms with E-state index in [1.807, 2.05) is 19.4 Å². The van der Waals surface area contributed by atoms with E-state index in [2.05, 4.69) is 14.5 Å². The Morgan fingerprint density at radius 1 is 1.33 bits per heavy atom. The number of aliphatic hydroxyl groups excluding tert-OH is 1. The van der Waals surface area contributed by atoms with Gasteiger partial charge in [0.2, 0.25) is 5.51 Å². The molecule has 0 spiro atoms. The van der Waals surface area contributed by atoms with Crippen LogP contribution in [0.1, 0.15) is 22.0 Å². The molecule has 2 aromatic heterocycles. The average molecular weight is 399 g/mol. The van der Waals surface area contributed by atoms with E-state index in [0.717, 1.165) is 11.3 Å². The molecule has 0 saturated heterocycles. The van der Waals surface area contributed by atoms with Crippen molar-refractivity contribution in [2.45, 2.75) is 26.8 Å². The molecule has 2 rings (SSSR count). The van der Waals surface area contributed by atoms with Crippen molar-refractivity contribution in [3.63, 3.8) is 0 Å². The highest BCUT2D eigenvalue weighted by Crippen LogP contribution is 2.13. The van der Waals surface area contributed by atoms with Crippen LogP contribution in [0.25, 0.3) is 0 Å². The van der Waals surface area contributed by atoms with Crippen LogP contribution in [0.15, 0.2) is 11.7 Å². The average Bonchev–Trinajstić information content (AvgIpc) is 2.73. The predicted molar refractivity (Wildman–Crippen MR) is 84.5 cm³/mol. The highest BCUT2D eigenvalue weighted by molar-refractivity contribution is 7.79. The van der Waals surface area contributed by atoms with Gasteiger partial charge in [-0.1, -0.05) is 11.3 Å². The predicted octanol–water partition coefficient (Wildman–Crippen LogP) is -3.04. The SMILES string of the molecule is Cc1ncc(C[n+]2csc(CCO)c2C)c(N)n1.O=S(=O)(O)O.[Cl-]. The van der Waals surface area contributed by atoms with Crippen LogP contribution in [-0.4, -0.2) is 39.2 Å². The molecule has 0 saturated carbocycles. The summed E-state index contributed by atoms with van der Waals surface area (Å²) in [6, 6.07) is 0. The number of nitrogens with zero attached hydrogens (tertiary/aromatic N) is 3.